The number of urea groups is 1. The molecule has 3 amide bonds. The number of nitrogens with one attached hydrogen (secondary N) is 3. The van der Waals surface area contributed by atoms with Gasteiger partial charge in [0, 0.05) is 24.7 Å². The molecule has 0 aliphatic rings. The summed E-state index contributed by atoms with van der Waals surface area (Å²) in [6.07, 6.45) is -1.95. The third kappa shape index (κ3) is 16.5. The molecule has 16 heteroatoms. The van der Waals surface area contributed by atoms with E-state index in [-0.39, 0.29) is 12.3 Å². The zero-order valence-electron chi connectivity index (χ0n) is 33.1. The van der Waals surface area contributed by atoms with Crippen LogP contribution in [0.3, 0.4) is 0 Å². The number of phosphoric ester groups is 1. The number of rotatable bonds is 20. The van der Waals surface area contributed by atoms with Gasteiger partial charge in [-0.2, -0.15) is 0 Å². The Morgan fingerprint density at radius 1 is 0.833 bits per heavy atom. The van der Waals surface area contributed by atoms with Crippen molar-refractivity contribution in [3.63, 3.8) is 0 Å². The molecule has 5 N–H and O–H groups in total. The summed E-state index contributed by atoms with van der Waals surface area (Å²) in [5, 5.41) is 8.23. The molecule has 0 radical (unpaired) electrons. The zero-order valence-corrected chi connectivity index (χ0v) is 34.0. The number of phosphoric acid groups is 1. The van der Waals surface area contributed by atoms with Gasteiger partial charge in [-0.05, 0) is 66.8 Å². The van der Waals surface area contributed by atoms with Gasteiger partial charge < -0.3 is 44.8 Å². The smallest absolute Gasteiger partial charge is 0.425 e. The highest BCUT2D eigenvalue weighted by molar-refractivity contribution is 7.46. The Kier molecular flexibility index (Phi) is 18.4. The largest absolute Gasteiger partial charge is 0.472 e. The van der Waals surface area contributed by atoms with Crippen LogP contribution in [0.2, 0.25) is 0 Å². The van der Waals surface area contributed by atoms with Crippen molar-refractivity contribution in [2.45, 2.75) is 100 Å². The van der Waals surface area contributed by atoms with Crippen LogP contribution in [0, 0.1) is 30.6 Å². The summed E-state index contributed by atoms with van der Waals surface area (Å²) >= 11 is 0. The molecule has 0 aromatic heterocycles. The average Bonchev–Trinajstić information content (AvgIpc) is 3.05. The Morgan fingerprint density at radius 3 is 1.96 bits per heavy atom. The molecule has 0 saturated carbocycles. The van der Waals surface area contributed by atoms with Crippen LogP contribution in [0.15, 0.2) is 42.5 Å². The number of carbonyl (C=O) groups is 4. The van der Waals surface area contributed by atoms with E-state index < -0.39 is 62.8 Å². The predicted octanol–water partition coefficient (Wildman–Crippen LogP) is 7.53. The molecule has 0 saturated heterocycles. The standard InChI is InChI=1S/C38H59N4O11P/c1-11-28(19-33(43)52-36(26(8)9)53-35(44)34(25(6)7)41-38(46)50-22-51-54(47,48)49)29-14-17-32(42(20-23(2)3)21-24(4)5)31(18-29)40-37(45)39-30-15-12-27(10)13-16-30/h12-18,23-26,28,34,36H,11,19-22H2,1-10H3,(H,41,46)(H2,39,40,45)(H2,47,48,49). The molecule has 0 heterocycles. The summed E-state index contributed by atoms with van der Waals surface area (Å²) in [5.41, 5.74) is 3.98. The molecule has 3 unspecified atom stereocenters. The van der Waals surface area contributed by atoms with Crippen LogP contribution in [0.25, 0.3) is 0 Å². The molecule has 54 heavy (non-hydrogen) atoms. The fourth-order valence-corrected chi connectivity index (χ4v) is 5.62. The lowest BCUT2D eigenvalue weighted by Crippen LogP contribution is -2.47. The molecule has 3 atom stereocenters. The Hall–Kier alpha value is -4.17. The van der Waals surface area contributed by atoms with E-state index in [0.717, 1.165) is 29.9 Å². The first-order valence-corrected chi connectivity index (χ1v) is 19.8. The summed E-state index contributed by atoms with van der Waals surface area (Å²) in [5.74, 6) is -2.07. The van der Waals surface area contributed by atoms with Gasteiger partial charge in [-0.25, -0.2) is 23.5 Å². The van der Waals surface area contributed by atoms with Crippen molar-refractivity contribution in [3.05, 3.63) is 53.6 Å². The van der Waals surface area contributed by atoms with E-state index in [4.69, 9.17) is 19.3 Å². The summed E-state index contributed by atoms with van der Waals surface area (Å²) < 4.78 is 30.7. The maximum Gasteiger partial charge on any atom is 0.472 e. The first-order chi connectivity index (χ1) is 25.2. The lowest BCUT2D eigenvalue weighted by molar-refractivity contribution is -0.198. The van der Waals surface area contributed by atoms with Crippen LogP contribution in [0.1, 0.15) is 92.2 Å². The molecule has 0 spiro atoms. The van der Waals surface area contributed by atoms with Gasteiger partial charge in [0.1, 0.15) is 6.04 Å². The lowest BCUT2D eigenvalue weighted by atomic mass is 9.92. The fourth-order valence-electron chi connectivity index (χ4n) is 5.43. The normalized spacial score (nSPS) is 13.3. The first-order valence-electron chi connectivity index (χ1n) is 18.3. The third-order valence-corrected chi connectivity index (χ3v) is 8.54. The van der Waals surface area contributed by atoms with Gasteiger partial charge in [0.15, 0.2) is 0 Å². The number of nitrogens with zero attached hydrogens (tertiary/aromatic N) is 1. The van der Waals surface area contributed by atoms with Gasteiger partial charge in [-0.1, -0.05) is 86.1 Å². The monoisotopic (exact) mass is 778 g/mol. The Bertz CT molecular complexity index is 1570. The Morgan fingerprint density at radius 2 is 1.44 bits per heavy atom. The number of amides is 3. The first kappa shape index (κ1) is 46.0. The van der Waals surface area contributed by atoms with Crippen molar-refractivity contribution in [2.75, 3.05) is 35.4 Å². The predicted molar refractivity (Wildman–Crippen MR) is 207 cm³/mol. The van der Waals surface area contributed by atoms with Crippen molar-refractivity contribution in [3.8, 4) is 0 Å². The van der Waals surface area contributed by atoms with E-state index in [2.05, 4.69) is 57.8 Å². The summed E-state index contributed by atoms with van der Waals surface area (Å²) in [7, 11) is -4.87. The maximum atomic E-state index is 13.4. The van der Waals surface area contributed by atoms with Crippen LogP contribution in [-0.2, 0) is 32.9 Å². The Balaban J connectivity index is 2.28. The number of esters is 2. The number of hydrogen-bond donors (Lipinski definition) is 5. The van der Waals surface area contributed by atoms with E-state index in [1.807, 2.05) is 56.3 Å². The number of hydrogen-bond acceptors (Lipinski definition) is 10. The summed E-state index contributed by atoms with van der Waals surface area (Å²) in [4.78, 5) is 71.8. The number of benzene rings is 2. The quantitative estimate of drug-likeness (QED) is 0.0503. The number of aryl methyl sites for hydroxylation is 1. The van der Waals surface area contributed by atoms with Gasteiger partial charge in [-0.3, -0.25) is 4.79 Å². The maximum absolute atomic E-state index is 13.4. The molecule has 0 fully saturated rings. The molecular weight excluding hydrogens is 719 g/mol. The highest BCUT2D eigenvalue weighted by Crippen LogP contribution is 2.36. The van der Waals surface area contributed by atoms with Crippen molar-refractivity contribution >= 4 is 48.9 Å². The molecule has 2 aromatic carbocycles. The molecule has 0 aliphatic heterocycles. The minimum Gasteiger partial charge on any atom is -0.425 e. The van der Waals surface area contributed by atoms with Crippen molar-refractivity contribution in [1.82, 2.24) is 5.32 Å². The second-order valence-corrected chi connectivity index (χ2v) is 16.0. The number of anilines is 3. The number of alkyl carbamates (subject to hydrolysis) is 1. The molecule has 2 aromatic rings. The van der Waals surface area contributed by atoms with E-state index in [1.54, 1.807) is 27.7 Å². The molecule has 0 bridgehead atoms. The highest BCUT2D eigenvalue weighted by Gasteiger charge is 2.32. The van der Waals surface area contributed by atoms with Gasteiger partial charge in [-0.15, -0.1) is 0 Å². The fraction of sp³-hybridized carbons (Fsp3) is 0.579. The van der Waals surface area contributed by atoms with E-state index in [0.29, 0.717) is 29.6 Å². The third-order valence-electron chi connectivity index (χ3n) is 8.10. The SMILES string of the molecule is CCC(CC(=O)OC(OC(=O)C(NC(=O)OCOP(=O)(O)O)C(C)C)C(C)C)c1ccc(N(CC(C)C)CC(C)C)c(NC(=O)Nc2ccc(C)cc2)c1. The second-order valence-electron chi connectivity index (χ2n) is 14.8. The molecule has 302 valence electrons. The molecular formula is C38H59N4O11P. The number of ether oxygens (including phenoxy) is 3. The van der Waals surface area contributed by atoms with Crippen LogP contribution in [0.5, 0.6) is 0 Å². The number of carbonyl (C=O) groups excluding carboxylic acids is 4. The van der Waals surface area contributed by atoms with Crippen LogP contribution in [0.4, 0.5) is 26.7 Å². The van der Waals surface area contributed by atoms with Crippen LogP contribution in [-0.4, -0.2) is 66.1 Å². The van der Waals surface area contributed by atoms with Gasteiger partial charge in [0.25, 0.3) is 0 Å². The molecule has 0 aliphatic carbocycles. The second kappa shape index (κ2) is 21.7. The summed E-state index contributed by atoms with van der Waals surface area (Å²) in [6.45, 7) is 19.6. The highest BCUT2D eigenvalue weighted by atomic mass is 31.2. The molecule has 15 nitrogen and oxygen atoms in total. The minimum absolute atomic E-state index is 0.0505. The van der Waals surface area contributed by atoms with Crippen LogP contribution < -0.4 is 20.9 Å². The lowest BCUT2D eigenvalue weighted by Gasteiger charge is -2.31. The van der Waals surface area contributed by atoms with Gasteiger partial charge in [0.05, 0.1) is 17.8 Å². The van der Waals surface area contributed by atoms with E-state index in [9.17, 15) is 23.7 Å². The Labute approximate surface area is 319 Å². The van der Waals surface area contributed by atoms with E-state index >= 15 is 0 Å². The van der Waals surface area contributed by atoms with Crippen LogP contribution >= 0.6 is 7.82 Å². The van der Waals surface area contributed by atoms with E-state index in [1.165, 1.54) is 0 Å². The minimum atomic E-state index is -4.87. The zero-order chi connectivity index (χ0) is 40.7. The summed E-state index contributed by atoms with van der Waals surface area (Å²) in [6, 6.07) is 11.7. The molecule has 2 rings (SSSR count). The van der Waals surface area contributed by atoms with Crippen molar-refractivity contribution < 1.29 is 52.3 Å². The topological polar surface area (TPSA) is 202 Å². The van der Waals surface area contributed by atoms with Crippen molar-refractivity contribution in [2.24, 2.45) is 23.7 Å². The van der Waals surface area contributed by atoms with Gasteiger partial charge in [0.2, 0.25) is 13.1 Å². The van der Waals surface area contributed by atoms with Crippen molar-refractivity contribution in [1.29, 1.82) is 0 Å². The average molecular weight is 779 g/mol. The van der Waals surface area contributed by atoms with Gasteiger partial charge >= 0.3 is 31.9 Å².